The van der Waals surface area contributed by atoms with Crippen molar-refractivity contribution < 1.29 is 41.3 Å². The van der Waals surface area contributed by atoms with Crippen molar-refractivity contribution >= 4 is 16.8 Å². The van der Waals surface area contributed by atoms with Crippen LogP contribution in [0.1, 0.15) is 19.4 Å². The molecule has 0 saturated carbocycles. The summed E-state index contributed by atoms with van der Waals surface area (Å²) >= 11 is 0. The van der Waals surface area contributed by atoms with Crippen LogP contribution in [-0.4, -0.2) is 38.4 Å². The molecule has 0 unspecified atom stereocenters. The minimum atomic E-state index is -4.58. The van der Waals surface area contributed by atoms with E-state index in [1.54, 1.807) is 24.4 Å². The molecular formula is C29H26F4N2O5. The zero-order chi connectivity index (χ0) is 29.2. The van der Waals surface area contributed by atoms with E-state index < -0.39 is 29.1 Å². The number of carbonyl (C=O) groups excluding carboxylic acids is 1. The third-order valence-electron chi connectivity index (χ3n) is 6.52. The highest BCUT2D eigenvalue weighted by Gasteiger charge is 2.51. The summed E-state index contributed by atoms with van der Waals surface area (Å²) in [6.07, 6.45) is -1.41. The molecular weight excluding hydrogens is 532 g/mol. The predicted octanol–water partition coefficient (Wildman–Crippen LogP) is 6.22. The lowest BCUT2D eigenvalue weighted by atomic mass is 9.89. The summed E-state index contributed by atoms with van der Waals surface area (Å²) in [6.45, 7) is 1.92. The van der Waals surface area contributed by atoms with E-state index in [0.29, 0.717) is 39.3 Å². The molecule has 0 fully saturated rings. The summed E-state index contributed by atoms with van der Waals surface area (Å²) in [7, 11) is 4.50. The number of nitrogens with zero attached hydrogens (tertiary/aromatic N) is 1. The number of aromatic nitrogens is 1. The Balaban J connectivity index is 1.57. The van der Waals surface area contributed by atoms with Gasteiger partial charge in [0.25, 0.3) is 0 Å². The van der Waals surface area contributed by atoms with Gasteiger partial charge in [-0.25, -0.2) is 4.39 Å². The maximum atomic E-state index is 15.1. The minimum Gasteiger partial charge on any atom is -0.495 e. The molecule has 1 aliphatic rings. The number of nitrogens with one attached hydrogen (secondary N) is 1. The van der Waals surface area contributed by atoms with Crippen molar-refractivity contribution in [3.8, 4) is 28.4 Å². The monoisotopic (exact) mass is 558 g/mol. The Bertz CT molecular complexity index is 1570. The Labute approximate surface area is 227 Å². The largest absolute Gasteiger partial charge is 0.495 e. The SMILES string of the molecule is COc1cc2ncc(-c3ccc(CC(=O)NC4=C=COC(C(C)(C)C(F)(F)F)=C4)c(F)c3)c(OC)c2cc1OC. The Morgan fingerprint density at radius 2 is 1.75 bits per heavy atom. The van der Waals surface area contributed by atoms with E-state index in [1.165, 1.54) is 33.5 Å². The first-order valence-corrected chi connectivity index (χ1v) is 12.0. The summed E-state index contributed by atoms with van der Waals surface area (Å²) in [5.41, 5.74) is 1.85. The van der Waals surface area contributed by atoms with Gasteiger partial charge in [0.05, 0.1) is 39.0 Å². The van der Waals surface area contributed by atoms with E-state index in [0.717, 1.165) is 26.2 Å². The fourth-order valence-electron chi connectivity index (χ4n) is 4.05. The number of fused-ring (bicyclic) bond motifs is 1. The first kappa shape index (κ1) is 28.5. The number of benzene rings is 2. The number of pyridine rings is 1. The van der Waals surface area contributed by atoms with Crippen LogP contribution in [0.4, 0.5) is 17.6 Å². The van der Waals surface area contributed by atoms with Gasteiger partial charge >= 0.3 is 6.18 Å². The Morgan fingerprint density at radius 1 is 1.05 bits per heavy atom. The van der Waals surface area contributed by atoms with E-state index in [-0.39, 0.29) is 17.7 Å². The van der Waals surface area contributed by atoms with Gasteiger partial charge in [-0.1, -0.05) is 17.9 Å². The number of amides is 1. The van der Waals surface area contributed by atoms with Crippen LogP contribution in [0.5, 0.6) is 17.2 Å². The van der Waals surface area contributed by atoms with E-state index >= 15 is 4.39 Å². The average Bonchev–Trinajstić information content (AvgIpc) is 2.92. The topological polar surface area (TPSA) is 78.9 Å². The number of hydrogen-bond donors (Lipinski definition) is 1. The second-order valence-electron chi connectivity index (χ2n) is 9.39. The molecule has 1 N–H and O–H groups in total. The van der Waals surface area contributed by atoms with Crippen molar-refractivity contribution in [1.29, 1.82) is 0 Å². The molecule has 0 aliphatic carbocycles. The molecule has 4 rings (SSSR count). The maximum Gasteiger partial charge on any atom is 0.400 e. The van der Waals surface area contributed by atoms with Crippen LogP contribution in [0.15, 0.2) is 66.1 Å². The van der Waals surface area contributed by atoms with Crippen LogP contribution < -0.4 is 19.5 Å². The first-order chi connectivity index (χ1) is 18.9. The molecule has 0 atom stereocenters. The van der Waals surface area contributed by atoms with E-state index in [4.69, 9.17) is 18.9 Å². The standard InChI is InChI=1S/C29H26F4N2O5/c1-28(2,29(31,32)33)25-12-18(8-9-40-25)35-26(36)11-17-7-6-16(10-21(17)30)20-15-34-22-14-24(38-4)23(37-3)13-19(22)27(20)39-5/h6-7,9-10,12-15H,11H2,1-5H3,(H,35,36). The van der Waals surface area contributed by atoms with Gasteiger partial charge in [-0.2, -0.15) is 13.2 Å². The summed E-state index contributed by atoms with van der Waals surface area (Å²) < 4.78 is 76.6. The molecule has 11 heteroatoms. The zero-order valence-electron chi connectivity index (χ0n) is 22.3. The highest BCUT2D eigenvalue weighted by atomic mass is 19.4. The molecule has 2 aromatic carbocycles. The lowest BCUT2D eigenvalue weighted by Crippen LogP contribution is -2.35. The predicted molar refractivity (Wildman–Crippen MR) is 139 cm³/mol. The molecule has 2 heterocycles. The Hall–Kier alpha value is -4.50. The number of hydrogen-bond acceptors (Lipinski definition) is 6. The first-order valence-electron chi connectivity index (χ1n) is 12.0. The van der Waals surface area contributed by atoms with Crippen molar-refractivity contribution in [2.75, 3.05) is 21.3 Å². The van der Waals surface area contributed by atoms with Crippen molar-refractivity contribution in [3.05, 3.63) is 77.4 Å². The molecule has 0 spiro atoms. The molecule has 0 radical (unpaired) electrons. The summed E-state index contributed by atoms with van der Waals surface area (Å²) in [4.78, 5) is 17.1. The summed E-state index contributed by atoms with van der Waals surface area (Å²) in [5, 5.41) is 3.07. The van der Waals surface area contributed by atoms with Crippen LogP contribution in [0.25, 0.3) is 22.0 Å². The number of carbonyl (C=O) groups is 1. The lowest BCUT2D eigenvalue weighted by molar-refractivity contribution is -0.206. The summed E-state index contributed by atoms with van der Waals surface area (Å²) in [6, 6.07) is 7.74. The molecule has 210 valence electrons. The van der Waals surface area contributed by atoms with Gasteiger partial charge in [0.1, 0.15) is 29.0 Å². The quantitative estimate of drug-likeness (QED) is 0.261. The third kappa shape index (κ3) is 5.46. The van der Waals surface area contributed by atoms with Gasteiger partial charge in [-0.15, -0.1) is 0 Å². The van der Waals surface area contributed by atoms with Crippen LogP contribution in [0, 0.1) is 11.2 Å². The molecule has 1 aromatic heterocycles. The second kappa shape index (κ2) is 10.9. The fraction of sp³-hybridized carbons (Fsp3) is 0.276. The smallest absolute Gasteiger partial charge is 0.400 e. The number of methoxy groups -OCH3 is 3. The molecule has 1 amide bonds. The second-order valence-corrected chi connectivity index (χ2v) is 9.39. The summed E-state index contributed by atoms with van der Waals surface area (Å²) in [5.74, 6) is -0.298. The number of ether oxygens (including phenoxy) is 4. The Kier molecular flexibility index (Phi) is 7.79. The molecule has 0 saturated heterocycles. The van der Waals surface area contributed by atoms with Crippen LogP contribution in [0.2, 0.25) is 0 Å². The van der Waals surface area contributed by atoms with Gasteiger partial charge < -0.3 is 24.3 Å². The van der Waals surface area contributed by atoms with E-state index in [9.17, 15) is 18.0 Å². The number of alkyl halides is 3. The van der Waals surface area contributed by atoms with E-state index in [2.05, 4.69) is 16.0 Å². The Morgan fingerprint density at radius 3 is 2.38 bits per heavy atom. The number of rotatable bonds is 8. The zero-order valence-corrected chi connectivity index (χ0v) is 22.3. The fourth-order valence-corrected chi connectivity index (χ4v) is 4.05. The highest BCUT2D eigenvalue weighted by Crippen LogP contribution is 2.45. The number of halogens is 4. The molecule has 3 aromatic rings. The van der Waals surface area contributed by atoms with E-state index in [1.807, 2.05) is 0 Å². The highest BCUT2D eigenvalue weighted by molar-refractivity contribution is 5.94. The van der Waals surface area contributed by atoms with Crippen molar-refractivity contribution in [2.24, 2.45) is 5.41 Å². The average molecular weight is 559 g/mol. The van der Waals surface area contributed by atoms with Gasteiger partial charge in [-0.3, -0.25) is 9.78 Å². The van der Waals surface area contributed by atoms with Crippen LogP contribution in [-0.2, 0) is 16.0 Å². The minimum absolute atomic E-state index is 0.0281. The van der Waals surface area contributed by atoms with Crippen molar-refractivity contribution in [2.45, 2.75) is 26.4 Å². The molecule has 40 heavy (non-hydrogen) atoms. The molecule has 1 aliphatic heterocycles. The maximum absolute atomic E-state index is 15.1. The number of allylic oxidation sites excluding steroid dienone is 2. The van der Waals surface area contributed by atoms with Gasteiger partial charge in [0.2, 0.25) is 5.91 Å². The van der Waals surface area contributed by atoms with Gasteiger partial charge in [-0.05, 0) is 37.1 Å². The van der Waals surface area contributed by atoms with Crippen LogP contribution >= 0.6 is 0 Å². The molecule has 0 bridgehead atoms. The van der Waals surface area contributed by atoms with Crippen molar-refractivity contribution in [3.63, 3.8) is 0 Å². The van der Waals surface area contributed by atoms with Gasteiger partial charge in [0, 0.05) is 29.3 Å². The third-order valence-corrected chi connectivity index (χ3v) is 6.52. The lowest BCUT2D eigenvalue weighted by Gasteiger charge is -2.30. The molecule has 7 nitrogen and oxygen atoms in total. The van der Waals surface area contributed by atoms with Crippen LogP contribution in [0.3, 0.4) is 0 Å². The van der Waals surface area contributed by atoms with Crippen molar-refractivity contribution in [1.82, 2.24) is 10.3 Å². The van der Waals surface area contributed by atoms with Gasteiger partial charge in [0.15, 0.2) is 11.5 Å². The normalized spacial score (nSPS) is 13.3.